The van der Waals surface area contributed by atoms with Gasteiger partial charge in [0.05, 0.1) is 13.2 Å². The summed E-state index contributed by atoms with van der Waals surface area (Å²) in [4.78, 5) is 43.8. The Balaban J connectivity index is 1.19. The van der Waals surface area contributed by atoms with Crippen LogP contribution in [0.5, 0.6) is 17.2 Å². The largest absolute Gasteiger partial charge is 0.493 e. The van der Waals surface area contributed by atoms with E-state index in [1.807, 2.05) is 38.1 Å². The topological polar surface area (TPSA) is 130 Å². The number of likely N-dealkylation sites (tertiary alicyclic amines) is 1. The average Bonchev–Trinajstić information content (AvgIpc) is 3.08. The highest BCUT2D eigenvalue weighted by Crippen LogP contribution is 2.37. The van der Waals surface area contributed by atoms with Gasteiger partial charge < -0.3 is 34.9 Å². The number of nitrogens with zero attached hydrogens (tertiary/aromatic N) is 2. The molecule has 0 radical (unpaired) electrons. The lowest BCUT2D eigenvalue weighted by atomic mass is 9.79. The zero-order valence-corrected chi connectivity index (χ0v) is 28.1. The van der Waals surface area contributed by atoms with E-state index in [1.54, 1.807) is 30.2 Å². The van der Waals surface area contributed by atoms with Crippen molar-refractivity contribution in [2.75, 3.05) is 45.3 Å². The molecule has 47 heavy (non-hydrogen) atoms. The summed E-state index contributed by atoms with van der Waals surface area (Å²) in [5.74, 6) is 1.14. The Labute approximate surface area is 277 Å². The Kier molecular flexibility index (Phi) is 11.4. The molecule has 3 N–H and O–H groups in total. The molecule has 0 aromatic heterocycles. The minimum absolute atomic E-state index is 0.0647. The van der Waals surface area contributed by atoms with Gasteiger partial charge in [-0.05, 0) is 67.9 Å². The predicted molar refractivity (Wildman–Crippen MR) is 178 cm³/mol. The van der Waals surface area contributed by atoms with E-state index in [1.165, 1.54) is 0 Å². The van der Waals surface area contributed by atoms with Crippen LogP contribution in [0.4, 0.5) is 5.69 Å². The van der Waals surface area contributed by atoms with Crippen molar-refractivity contribution in [1.82, 2.24) is 15.1 Å². The smallest absolute Gasteiger partial charge is 0.248 e. The third-order valence-corrected chi connectivity index (χ3v) is 9.78. The van der Waals surface area contributed by atoms with Crippen molar-refractivity contribution in [3.8, 4) is 17.2 Å². The lowest BCUT2D eigenvalue weighted by Crippen LogP contribution is -2.75. The first-order chi connectivity index (χ1) is 22.6. The first-order valence-corrected chi connectivity index (χ1v) is 17.0. The standard InChI is InChI=1S/C36H50N4O7/c1-5-6-17-40-34(43)31(32(41)26-13-20-46-21-14-26)38-35(44)36(40)15-18-39(19-16-36)23-25-7-10-28(11-8-25)47-29-12-9-27(22-30(29)45-4)37-33(42)24(2)3/h7-12,22,24,26,31-32,41H,5-6,13-21,23H2,1-4H3,(H,37,42)(H,38,44)/t31-,32?/m1/s1. The minimum atomic E-state index is -0.915. The van der Waals surface area contributed by atoms with E-state index in [4.69, 9.17) is 14.2 Å². The molecular weight excluding hydrogens is 600 g/mol. The highest BCUT2D eigenvalue weighted by Gasteiger charge is 2.55. The first kappa shape index (κ1) is 34.7. The number of piperazine rings is 1. The van der Waals surface area contributed by atoms with Crippen LogP contribution in [0.3, 0.4) is 0 Å². The number of hydrogen-bond donors (Lipinski definition) is 3. The van der Waals surface area contributed by atoms with Gasteiger partial charge in [0, 0.05) is 57.1 Å². The normalized spacial score (nSPS) is 21.1. The Morgan fingerprint density at radius 1 is 1.09 bits per heavy atom. The maximum absolute atomic E-state index is 13.9. The number of nitrogens with one attached hydrogen (secondary N) is 2. The van der Waals surface area contributed by atoms with E-state index in [0.717, 1.165) is 18.4 Å². The molecule has 0 saturated carbocycles. The second-order valence-electron chi connectivity index (χ2n) is 13.3. The zero-order chi connectivity index (χ0) is 33.6. The van der Waals surface area contributed by atoms with Crippen LogP contribution in [0.1, 0.15) is 64.9 Å². The Morgan fingerprint density at radius 3 is 2.43 bits per heavy atom. The minimum Gasteiger partial charge on any atom is -0.493 e. The third-order valence-electron chi connectivity index (χ3n) is 9.78. The molecule has 1 unspecified atom stereocenters. The lowest BCUT2D eigenvalue weighted by Gasteiger charge is -2.52. The number of piperidine rings is 1. The number of carbonyl (C=O) groups excluding carboxylic acids is 3. The van der Waals surface area contributed by atoms with E-state index in [2.05, 4.69) is 22.5 Å². The van der Waals surface area contributed by atoms with E-state index in [9.17, 15) is 19.5 Å². The molecule has 3 fully saturated rings. The molecule has 256 valence electrons. The number of rotatable bonds is 12. The van der Waals surface area contributed by atoms with Gasteiger partial charge in [0.25, 0.3) is 0 Å². The van der Waals surface area contributed by atoms with Crippen LogP contribution in [-0.2, 0) is 25.7 Å². The van der Waals surface area contributed by atoms with Gasteiger partial charge in [-0.3, -0.25) is 19.3 Å². The van der Waals surface area contributed by atoms with Crippen LogP contribution >= 0.6 is 0 Å². The fourth-order valence-corrected chi connectivity index (χ4v) is 6.78. The highest BCUT2D eigenvalue weighted by molar-refractivity contribution is 6.00. The molecule has 1 spiro atoms. The molecule has 0 aliphatic carbocycles. The summed E-state index contributed by atoms with van der Waals surface area (Å²) in [5.41, 5.74) is 0.861. The SMILES string of the molecule is CCCCN1C(=O)[C@@H](C(O)C2CCOCC2)NC(=O)C12CCN(Cc1ccc(Oc3ccc(NC(=O)C(C)C)cc3OC)cc1)CC2. The molecule has 2 aromatic carbocycles. The highest BCUT2D eigenvalue weighted by atomic mass is 16.5. The van der Waals surface area contributed by atoms with Gasteiger partial charge in [0.2, 0.25) is 17.7 Å². The predicted octanol–water partition coefficient (Wildman–Crippen LogP) is 4.33. The summed E-state index contributed by atoms with van der Waals surface area (Å²) in [6.07, 6.45) is 3.26. The van der Waals surface area contributed by atoms with Crippen molar-refractivity contribution in [2.24, 2.45) is 11.8 Å². The molecule has 3 saturated heterocycles. The van der Waals surface area contributed by atoms with Gasteiger partial charge in [-0.2, -0.15) is 0 Å². The molecule has 3 amide bonds. The van der Waals surface area contributed by atoms with Crippen molar-refractivity contribution in [2.45, 2.75) is 83.5 Å². The fraction of sp³-hybridized carbons (Fsp3) is 0.583. The van der Waals surface area contributed by atoms with E-state index < -0.39 is 17.7 Å². The Morgan fingerprint density at radius 2 is 1.79 bits per heavy atom. The fourth-order valence-electron chi connectivity index (χ4n) is 6.78. The maximum Gasteiger partial charge on any atom is 0.248 e. The van der Waals surface area contributed by atoms with Crippen LogP contribution in [0.2, 0.25) is 0 Å². The monoisotopic (exact) mass is 650 g/mol. The Hall–Kier alpha value is -3.67. The Bertz CT molecular complexity index is 1380. The first-order valence-electron chi connectivity index (χ1n) is 17.0. The molecule has 2 aromatic rings. The number of anilines is 1. The van der Waals surface area contributed by atoms with Crippen LogP contribution in [0, 0.1) is 11.8 Å². The van der Waals surface area contributed by atoms with Gasteiger partial charge in [-0.25, -0.2) is 0 Å². The number of benzene rings is 2. The second-order valence-corrected chi connectivity index (χ2v) is 13.3. The summed E-state index contributed by atoms with van der Waals surface area (Å²) < 4.78 is 17.0. The quantitative estimate of drug-likeness (QED) is 0.310. The molecule has 3 aliphatic heterocycles. The summed E-state index contributed by atoms with van der Waals surface area (Å²) in [6.45, 7) is 9.45. The van der Waals surface area contributed by atoms with Crippen molar-refractivity contribution in [1.29, 1.82) is 0 Å². The molecule has 5 rings (SSSR count). The third kappa shape index (κ3) is 7.90. The summed E-state index contributed by atoms with van der Waals surface area (Å²) in [5, 5.41) is 17.0. The maximum atomic E-state index is 13.9. The van der Waals surface area contributed by atoms with Crippen LogP contribution in [-0.4, -0.2) is 90.3 Å². The van der Waals surface area contributed by atoms with Gasteiger partial charge in [-0.15, -0.1) is 0 Å². The average molecular weight is 651 g/mol. The van der Waals surface area contributed by atoms with Crippen LogP contribution in [0.15, 0.2) is 42.5 Å². The molecule has 3 heterocycles. The van der Waals surface area contributed by atoms with Gasteiger partial charge in [0.1, 0.15) is 17.3 Å². The number of ether oxygens (including phenoxy) is 3. The molecule has 3 aliphatic rings. The number of aliphatic hydroxyl groups is 1. The number of hydrogen-bond acceptors (Lipinski definition) is 8. The molecule has 11 nitrogen and oxygen atoms in total. The van der Waals surface area contributed by atoms with Crippen LogP contribution < -0.4 is 20.1 Å². The van der Waals surface area contributed by atoms with Gasteiger partial charge >= 0.3 is 0 Å². The molecule has 2 atom stereocenters. The number of aliphatic hydroxyl groups excluding tert-OH is 1. The zero-order valence-electron chi connectivity index (χ0n) is 28.1. The van der Waals surface area contributed by atoms with E-state index >= 15 is 0 Å². The van der Waals surface area contributed by atoms with Crippen LogP contribution in [0.25, 0.3) is 0 Å². The van der Waals surface area contributed by atoms with E-state index in [-0.39, 0.29) is 29.6 Å². The van der Waals surface area contributed by atoms with Crippen molar-refractivity contribution in [3.63, 3.8) is 0 Å². The summed E-state index contributed by atoms with van der Waals surface area (Å²) >= 11 is 0. The number of amides is 3. The van der Waals surface area contributed by atoms with Crippen molar-refractivity contribution < 1.29 is 33.7 Å². The summed E-state index contributed by atoms with van der Waals surface area (Å²) in [6, 6.07) is 12.3. The molecule has 11 heteroatoms. The number of carbonyl (C=O) groups is 3. The van der Waals surface area contributed by atoms with E-state index in [0.29, 0.717) is 88.0 Å². The van der Waals surface area contributed by atoms with Gasteiger partial charge in [-0.1, -0.05) is 39.3 Å². The molecular formula is C36H50N4O7. The molecule has 0 bridgehead atoms. The van der Waals surface area contributed by atoms with Crippen molar-refractivity contribution >= 4 is 23.4 Å². The number of methoxy groups -OCH3 is 1. The van der Waals surface area contributed by atoms with Gasteiger partial charge in [0.15, 0.2) is 11.5 Å². The van der Waals surface area contributed by atoms with Crippen molar-refractivity contribution in [3.05, 3.63) is 48.0 Å². The summed E-state index contributed by atoms with van der Waals surface area (Å²) in [7, 11) is 1.56. The number of unbranched alkanes of at least 4 members (excludes halogenated alkanes) is 1. The lowest BCUT2D eigenvalue weighted by molar-refractivity contribution is -0.166. The second kappa shape index (κ2) is 15.5.